The van der Waals surface area contributed by atoms with Crippen molar-refractivity contribution >= 4 is 34.8 Å². The predicted molar refractivity (Wildman–Crippen MR) is 87.9 cm³/mol. The van der Waals surface area contributed by atoms with Gasteiger partial charge in [-0.3, -0.25) is 4.79 Å². The molecule has 0 fully saturated rings. The Hall–Kier alpha value is -1.71. The van der Waals surface area contributed by atoms with Crippen molar-refractivity contribution in [3.63, 3.8) is 0 Å². The van der Waals surface area contributed by atoms with Crippen LogP contribution in [0.25, 0.3) is 0 Å². The van der Waals surface area contributed by atoms with Crippen LogP contribution in [0.4, 0.5) is 5.69 Å². The van der Waals surface area contributed by atoms with Crippen LogP contribution < -0.4 is 11.1 Å². The van der Waals surface area contributed by atoms with Gasteiger partial charge in [-0.2, -0.15) is 0 Å². The van der Waals surface area contributed by atoms with Crippen LogP contribution in [-0.2, 0) is 0 Å². The molecule has 0 aliphatic heterocycles. The highest BCUT2D eigenvalue weighted by molar-refractivity contribution is 6.35. The van der Waals surface area contributed by atoms with Gasteiger partial charge in [0.05, 0.1) is 11.6 Å². The summed E-state index contributed by atoms with van der Waals surface area (Å²) in [5.41, 5.74) is 8.48. The summed E-state index contributed by atoms with van der Waals surface area (Å²) in [6.07, 6.45) is 0. The van der Waals surface area contributed by atoms with E-state index in [0.717, 1.165) is 11.1 Å². The molecule has 0 spiro atoms. The number of rotatable bonds is 3. The first kappa shape index (κ1) is 15.7. The summed E-state index contributed by atoms with van der Waals surface area (Å²) < 4.78 is 0. The number of anilines is 1. The number of carbonyl (C=O) groups excluding carboxylic acids is 1. The highest BCUT2D eigenvalue weighted by Gasteiger charge is 2.17. The topological polar surface area (TPSA) is 55.1 Å². The first-order chi connectivity index (χ1) is 9.90. The van der Waals surface area contributed by atoms with Crippen LogP contribution in [0.15, 0.2) is 36.4 Å². The minimum atomic E-state index is -0.249. The van der Waals surface area contributed by atoms with E-state index >= 15 is 0 Å². The van der Waals surface area contributed by atoms with Crippen molar-refractivity contribution in [2.75, 3.05) is 5.73 Å². The zero-order valence-corrected chi connectivity index (χ0v) is 13.3. The van der Waals surface area contributed by atoms with Gasteiger partial charge in [0, 0.05) is 15.7 Å². The first-order valence-electron chi connectivity index (χ1n) is 6.51. The zero-order chi connectivity index (χ0) is 15.6. The number of benzene rings is 2. The smallest absolute Gasteiger partial charge is 0.254 e. The Bertz CT molecular complexity index is 666. The molecule has 110 valence electrons. The molecule has 3 nitrogen and oxygen atoms in total. The van der Waals surface area contributed by atoms with Crippen molar-refractivity contribution in [1.82, 2.24) is 5.32 Å². The van der Waals surface area contributed by atoms with E-state index in [1.54, 1.807) is 24.3 Å². The third-order valence-electron chi connectivity index (χ3n) is 3.31. The summed E-state index contributed by atoms with van der Waals surface area (Å²) in [6, 6.07) is 10.3. The Kier molecular flexibility index (Phi) is 4.76. The van der Waals surface area contributed by atoms with Gasteiger partial charge < -0.3 is 11.1 Å². The SMILES string of the molecule is Cc1cccc(N)c1C(=O)NC(C)c1ccc(Cl)cc1Cl. The molecule has 0 saturated carbocycles. The predicted octanol–water partition coefficient (Wildman–Crippen LogP) is 4.38. The van der Waals surface area contributed by atoms with E-state index in [1.807, 2.05) is 26.0 Å². The highest BCUT2D eigenvalue weighted by atomic mass is 35.5. The molecule has 1 atom stereocenters. The number of halogens is 2. The van der Waals surface area contributed by atoms with Crippen LogP contribution >= 0.6 is 23.2 Å². The number of nitrogens with two attached hydrogens (primary N) is 1. The third kappa shape index (κ3) is 3.49. The van der Waals surface area contributed by atoms with Gasteiger partial charge >= 0.3 is 0 Å². The van der Waals surface area contributed by atoms with Gasteiger partial charge in [-0.05, 0) is 43.2 Å². The van der Waals surface area contributed by atoms with Crippen molar-refractivity contribution < 1.29 is 4.79 Å². The molecule has 0 aliphatic rings. The summed E-state index contributed by atoms with van der Waals surface area (Å²) in [4.78, 5) is 12.4. The van der Waals surface area contributed by atoms with Gasteiger partial charge in [0.1, 0.15) is 0 Å². The lowest BCUT2D eigenvalue weighted by atomic mass is 10.0. The second-order valence-corrected chi connectivity index (χ2v) is 5.74. The van der Waals surface area contributed by atoms with Crippen LogP contribution in [0.2, 0.25) is 10.0 Å². The van der Waals surface area contributed by atoms with Crippen molar-refractivity contribution in [1.29, 1.82) is 0 Å². The van der Waals surface area contributed by atoms with E-state index in [2.05, 4.69) is 5.32 Å². The van der Waals surface area contributed by atoms with E-state index in [9.17, 15) is 4.79 Å². The van der Waals surface area contributed by atoms with Crippen molar-refractivity contribution in [3.8, 4) is 0 Å². The quantitative estimate of drug-likeness (QED) is 0.824. The Morgan fingerprint density at radius 1 is 1.24 bits per heavy atom. The van der Waals surface area contributed by atoms with Crippen LogP contribution in [0.3, 0.4) is 0 Å². The molecular weight excluding hydrogens is 307 g/mol. The molecular formula is C16H16Cl2N2O. The normalized spacial score (nSPS) is 12.0. The maximum absolute atomic E-state index is 12.4. The monoisotopic (exact) mass is 322 g/mol. The van der Waals surface area contributed by atoms with E-state index in [0.29, 0.717) is 21.3 Å². The van der Waals surface area contributed by atoms with Gasteiger partial charge in [0.15, 0.2) is 0 Å². The maximum atomic E-state index is 12.4. The van der Waals surface area contributed by atoms with E-state index in [1.165, 1.54) is 0 Å². The maximum Gasteiger partial charge on any atom is 0.254 e. The molecule has 0 aliphatic carbocycles. The van der Waals surface area contributed by atoms with E-state index in [4.69, 9.17) is 28.9 Å². The lowest BCUT2D eigenvalue weighted by molar-refractivity contribution is 0.0940. The number of nitrogen functional groups attached to an aromatic ring is 1. The summed E-state index contributed by atoms with van der Waals surface area (Å²) in [5, 5.41) is 3.99. The second kappa shape index (κ2) is 6.37. The molecule has 0 radical (unpaired) electrons. The average molecular weight is 323 g/mol. The van der Waals surface area contributed by atoms with Crippen LogP contribution in [0.5, 0.6) is 0 Å². The van der Waals surface area contributed by atoms with Crippen molar-refractivity contribution in [2.24, 2.45) is 0 Å². The number of aryl methyl sites for hydroxylation is 1. The summed E-state index contributed by atoms with van der Waals surface area (Å²) in [7, 11) is 0. The number of carbonyl (C=O) groups is 1. The second-order valence-electron chi connectivity index (χ2n) is 4.90. The standard InChI is InChI=1S/C16H16Cl2N2O/c1-9-4-3-5-14(19)15(9)16(21)20-10(2)12-7-6-11(17)8-13(12)18/h3-8,10H,19H2,1-2H3,(H,20,21). The molecule has 0 heterocycles. The summed E-state index contributed by atoms with van der Waals surface area (Å²) in [5.74, 6) is -0.218. The zero-order valence-electron chi connectivity index (χ0n) is 11.8. The van der Waals surface area contributed by atoms with Gasteiger partial charge in [0.2, 0.25) is 0 Å². The van der Waals surface area contributed by atoms with Crippen molar-refractivity contribution in [2.45, 2.75) is 19.9 Å². The van der Waals surface area contributed by atoms with E-state index in [-0.39, 0.29) is 11.9 Å². The molecule has 0 bridgehead atoms. The summed E-state index contributed by atoms with van der Waals surface area (Å²) >= 11 is 12.0. The number of hydrogen-bond donors (Lipinski definition) is 2. The fraction of sp³-hybridized carbons (Fsp3) is 0.188. The van der Waals surface area contributed by atoms with Gasteiger partial charge in [-0.1, -0.05) is 41.4 Å². The number of hydrogen-bond acceptors (Lipinski definition) is 2. The minimum absolute atomic E-state index is 0.218. The van der Waals surface area contributed by atoms with Crippen molar-refractivity contribution in [3.05, 3.63) is 63.1 Å². The molecule has 3 N–H and O–H groups in total. The molecule has 1 unspecified atom stereocenters. The fourth-order valence-electron chi connectivity index (χ4n) is 2.20. The molecule has 2 aromatic rings. The molecule has 0 aromatic heterocycles. The van der Waals surface area contributed by atoms with Crippen LogP contribution in [0.1, 0.15) is 34.5 Å². The molecule has 2 rings (SSSR count). The van der Waals surface area contributed by atoms with Crippen LogP contribution in [-0.4, -0.2) is 5.91 Å². The van der Waals surface area contributed by atoms with Gasteiger partial charge in [0.25, 0.3) is 5.91 Å². The van der Waals surface area contributed by atoms with Crippen LogP contribution in [0, 0.1) is 6.92 Å². The number of amides is 1. The first-order valence-corrected chi connectivity index (χ1v) is 7.26. The van der Waals surface area contributed by atoms with E-state index < -0.39 is 0 Å². The minimum Gasteiger partial charge on any atom is -0.398 e. The molecule has 1 amide bonds. The Morgan fingerprint density at radius 3 is 2.57 bits per heavy atom. The highest BCUT2D eigenvalue weighted by Crippen LogP contribution is 2.27. The average Bonchev–Trinajstić information content (AvgIpc) is 2.37. The largest absolute Gasteiger partial charge is 0.398 e. The molecule has 21 heavy (non-hydrogen) atoms. The molecule has 0 saturated heterocycles. The van der Waals surface area contributed by atoms with Gasteiger partial charge in [-0.15, -0.1) is 0 Å². The molecule has 2 aromatic carbocycles. The molecule has 5 heteroatoms. The number of nitrogens with one attached hydrogen (secondary N) is 1. The lowest BCUT2D eigenvalue weighted by Crippen LogP contribution is -2.28. The summed E-state index contributed by atoms with van der Waals surface area (Å²) in [6.45, 7) is 3.71. The Labute approximate surface area is 134 Å². The van der Waals surface area contributed by atoms with Gasteiger partial charge in [-0.25, -0.2) is 0 Å². The Morgan fingerprint density at radius 2 is 1.95 bits per heavy atom. The lowest BCUT2D eigenvalue weighted by Gasteiger charge is -2.17. The Balaban J connectivity index is 2.23. The fourth-order valence-corrected chi connectivity index (χ4v) is 2.77. The third-order valence-corrected chi connectivity index (χ3v) is 3.87.